The molecule has 0 saturated carbocycles. The van der Waals surface area contributed by atoms with Crippen LogP contribution in [0.5, 0.6) is 0 Å². The summed E-state index contributed by atoms with van der Waals surface area (Å²) in [6, 6.07) is 0. The van der Waals surface area contributed by atoms with Crippen molar-refractivity contribution in [2.45, 2.75) is 19.8 Å². The first-order valence-corrected chi connectivity index (χ1v) is 4.67. The van der Waals surface area contributed by atoms with Crippen LogP contribution in [0.1, 0.15) is 19.8 Å². The van der Waals surface area contributed by atoms with Gasteiger partial charge < -0.3 is 0 Å². The van der Waals surface area contributed by atoms with Gasteiger partial charge in [0.25, 0.3) is 0 Å². The van der Waals surface area contributed by atoms with E-state index in [2.05, 4.69) is 13.5 Å². The van der Waals surface area contributed by atoms with Gasteiger partial charge >= 0.3 is 0 Å². The SMILES string of the molecule is C=CCCC(=O)CSCC. The fourth-order valence-electron chi connectivity index (χ4n) is 0.551. The molecular weight excluding hydrogens is 144 g/mol. The predicted molar refractivity (Wildman–Crippen MR) is 47.4 cm³/mol. The third-order valence-corrected chi connectivity index (χ3v) is 2.03. The van der Waals surface area contributed by atoms with Crippen molar-refractivity contribution < 1.29 is 4.79 Å². The van der Waals surface area contributed by atoms with E-state index in [4.69, 9.17) is 0 Å². The molecule has 0 N–H and O–H groups in total. The molecule has 0 aliphatic carbocycles. The molecule has 2 heteroatoms. The van der Waals surface area contributed by atoms with Crippen LogP contribution in [0.2, 0.25) is 0 Å². The second kappa shape index (κ2) is 6.87. The van der Waals surface area contributed by atoms with Crippen LogP contribution in [0, 0.1) is 0 Å². The fraction of sp³-hybridized carbons (Fsp3) is 0.625. The molecule has 0 radical (unpaired) electrons. The highest BCUT2D eigenvalue weighted by atomic mass is 32.2. The van der Waals surface area contributed by atoms with Crippen molar-refractivity contribution in [1.29, 1.82) is 0 Å². The van der Waals surface area contributed by atoms with Gasteiger partial charge in [-0.05, 0) is 12.2 Å². The van der Waals surface area contributed by atoms with E-state index in [1.54, 1.807) is 17.8 Å². The van der Waals surface area contributed by atoms with Gasteiger partial charge in [-0.1, -0.05) is 13.0 Å². The highest BCUT2D eigenvalue weighted by Crippen LogP contribution is 2.01. The van der Waals surface area contributed by atoms with E-state index in [1.807, 2.05) is 0 Å². The molecule has 0 unspecified atom stereocenters. The maximum atomic E-state index is 10.9. The summed E-state index contributed by atoms with van der Waals surface area (Å²) in [7, 11) is 0. The van der Waals surface area contributed by atoms with Crippen LogP contribution in [0.4, 0.5) is 0 Å². The predicted octanol–water partition coefficient (Wildman–Crippen LogP) is 2.27. The summed E-state index contributed by atoms with van der Waals surface area (Å²) in [5.74, 6) is 2.04. The number of carbonyl (C=O) groups is 1. The zero-order valence-corrected chi connectivity index (χ0v) is 7.25. The molecule has 0 saturated heterocycles. The number of allylic oxidation sites excluding steroid dienone is 1. The van der Waals surface area contributed by atoms with Gasteiger partial charge in [-0.3, -0.25) is 4.79 Å². The Morgan fingerprint density at radius 2 is 2.40 bits per heavy atom. The van der Waals surface area contributed by atoms with E-state index < -0.39 is 0 Å². The van der Waals surface area contributed by atoms with Crippen molar-refractivity contribution in [2.75, 3.05) is 11.5 Å². The van der Waals surface area contributed by atoms with Crippen LogP contribution in [0.3, 0.4) is 0 Å². The molecule has 58 valence electrons. The molecule has 0 aromatic rings. The maximum Gasteiger partial charge on any atom is 0.143 e. The lowest BCUT2D eigenvalue weighted by Crippen LogP contribution is -2.00. The summed E-state index contributed by atoms with van der Waals surface area (Å²) in [5, 5.41) is 0. The van der Waals surface area contributed by atoms with Gasteiger partial charge in [0, 0.05) is 6.42 Å². The highest BCUT2D eigenvalue weighted by Gasteiger charge is 1.97. The lowest BCUT2D eigenvalue weighted by Gasteiger charge is -1.94. The van der Waals surface area contributed by atoms with Crippen molar-refractivity contribution in [3.63, 3.8) is 0 Å². The number of thioether (sulfide) groups is 1. The van der Waals surface area contributed by atoms with Crippen molar-refractivity contribution >= 4 is 17.5 Å². The van der Waals surface area contributed by atoms with E-state index in [0.29, 0.717) is 18.0 Å². The quantitative estimate of drug-likeness (QED) is 0.552. The number of ketones is 1. The summed E-state index contributed by atoms with van der Waals surface area (Å²) >= 11 is 1.68. The number of hydrogen-bond donors (Lipinski definition) is 0. The Morgan fingerprint density at radius 3 is 2.90 bits per heavy atom. The molecule has 0 rings (SSSR count). The topological polar surface area (TPSA) is 17.1 Å². The second-order valence-corrected chi connectivity index (χ2v) is 3.28. The molecular formula is C8H14OS. The van der Waals surface area contributed by atoms with Gasteiger partial charge in [-0.15, -0.1) is 6.58 Å². The van der Waals surface area contributed by atoms with Crippen molar-refractivity contribution in [1.82, 2.24) is 0 Å². The van der Waals surface area contributed by atoms with Crippen molar-refractivity contribution in [2.24, 2.45) is 0 Å². The van der Waals surface area contributed by atoms with Gasteiger partial charge in [0.15, 0.2) is 0 Å². The molecule has 0 bridgehead atoms. The van der Waals surface area contributed by atoms with Gasteiger partial charge in [-0.2, -0.15) is 11.8 Å². The Balaban J connectivity index is 3.16. The Bertz CT molecular complexity index is 110. The number of rotatable bonds is 6. The summed E-state index contributed by atoms with van der Waals surface area (Å²) in [6.45, 7) is 5.61. The second-order valence-electron chi connectivity index (χ2n) is 2.00. The van der Waals surface area contributed by atoms with Crippen molar-refractivity contribution in [3.8, 4) is 0 Å². The largest absolute Gasteiger partial charge is 0.299 e. The molecule has 0 amide bonds. The molecule has 0 aromatic heterocycles. The molecule has 10 heavy (non-hydrogen) atoms. The maximum absolute atomic E-state index is 10.9. The summed E-state index contributed by atoms with van der Waals surface area (Å²) in [4.78, 5) is 10.9. The van der Waals surface area contributed by atoms with E-state index >= 15 is 0 Å². The Labute approximate surface area is 66.9 Å². The van der Waals surface area contributed by atoms with Gasteiger partial charge in [0.05, 0.1) is 5.75 Å². The zero-order chi connectivity index (χ0) is 7.82. The minimum Gasteiger partial charge on any atom is -0.299 e. The lowest BCUT2D eigenvalue weighted by atomic mass is 10.2. The molecule has 1 nitrogen and oxygen atoms in total. The molecule has 0 aromatic carbocycles. The molecule has 0 aliphatic rings. The van der Waals surface area contributed by atoms with Crippen LogP contribution in [0.15, 0.2) is 12.7 Å². The summed E-state index contributed by atoms with van der Waals surface area (Å²) in [5.41, 5.74) is 0. The summed E-state index contributed by atoms with van der Waals surface area (Å²) < 4.78 is 0. The standard InChI is InChI=1S/C8H14OS/c1-3-5-6-8(9)7-10-4-2/h3H,1,4-7H2,2H3. The lowest BCUT2D eigenvalue weighted by molar-refractivity contribution is -0.116. The van der Waals surface area contributed by atoms with Crippen LogP contribution in [-0.2, 0) is 4.79 Å². The molecule has 0 aliphatic heterocycles. The van der Waals surface area contributed by atoms with E-state index in [1.165, 1.54) is 0 Å². The Morgan fingerprint density at radius 1 is 1.70 bits per heavy atom. The van der Waals surface area contributed by atoms with Gasteiger partial charge in [-0.25, -0.2) is 0 Å². The first kappa shape index (κ1) is 9.76. The average molecular weight is 158 g/mol. The van der Waals surface area contributed by atoms with Crippen molar-refractivity contribution in [3.05, 3.63) is 12.7 Å². The smallest absolute Gasteiger partial charge is 0.143 e. The Hall–Kier alpha value is -0.240. The number of hydrogen-bond acceptors (Lipinski definition) is 2. The fourth-order valence-corrected chi connectivity index (χ4v) is 1.13. The van der Waals surface area contributed by atoms with Crippen LogP contribution in [-0.4, -0.2) is 17.3 Å². The Kier molecular flexibility index (Phi) is 6.71. The molecule has 0 spiro atoms. The van der Waals surface area contributed by atoms with Gasteiger partial charge in [0.1, 0.15) is 5.78 Å². The molecule has 0 fully saturated rings. The molecule has 0 heterocycles. The minimum atomic E-state index is 0.340. The average Bonchev–Trinajstić information content (AvgIpc) is 1.97. The minimum absolute atomic E-state index is 0.340. The highest BCUT2D eigenvalue weighted by molar-refractivity contribution is 7.99. The van der Waals surface area contributed by atoms with Crippen LogP contribution >= 0.6 is 11.8 Å². The third kappa shape index (κ3) is 5.89. The van der Waals surface area contributed by atoms with E-state index in [9.17, 15) is 4.79 Å². The number of Topliss-reactive ketones (excluding diaryl/α,β-unsaturated/α-hetero) is 1. The van der Waals surface area contributed by atoms with E-state index in [-0.39, 0.29) is 0 Å². The summed E-state index contributed by atoms with van der Waals surface area (Å²) in [6.07, 6.45) is 3.27. The number of carbonyl (C=O) groups excluding carboxylic acids is 1. The monoisotopic (exact) mass is 158 g/mol. The van der Waals surface area contributed by atoms with Gasteiger partial charge in [0.2, 0.25) is 0 Å². The zero-order valence-electron chi connectivity index (χ0n) is 6.43. The van der Waals surface area contributed by atoms with Crippen LogP contribution < -0.4 is 0 Å². The normalized spacial score (nSPS) is 9.30. The van der Waals surface area contributed by atoms with E-state index in [0.717, 1.165) is 12.2 Å². The third-order valence-electron chi connectivity index (χ3n) is 1.09. The van der Waals surface area contributed by atoms with Crippen LogP contribution in [0.25, 0.3) is 0 Å². The molecule has 0 atom stereocenters. The first-order valence-electron chi connectivity index (χ1n) is 3.51. The first-order chi connectivity index (χ1) is 4.81.